The maximum absolute atomic E-state index is 11.7. The molecule has 0 fully saturated rings. The van der Waals surface area contributed by atoms with E-state index in [-0.39, 0.29) is 13.2 Å². The second-order valence-electron chi connectivity index (χ2n) is 2.55. The Kier molecular flexibility index (Phi) is 8.38. The van der Waals surface area contributed by atoms with E-state index in [2.05, 4.69) is 0 Å². The minimum atomic E-state index is -3.39. The highest BCUT2D eigenvalue weighted by Crippen LogP contribution is 2.49. The van der Waals surface area contributed by atoms with Crippen LogP contribution in [0.4, 0.5) is 0 Å². The molecule has 0 saturated heterocycles. The molecule has 15 heavy (non-hydrogen) atoms. The van der Waals surface area contributed by atoms with E-state index in [0.717, 1.165) is 6.42 Å². The van der Waals surface area contributed by atoms with Gasteiger partial charge in [-0.3, -0.25) is 9.05 Å². The maximum atomic E-state index is 11.7. The molecular weight excluding hydrogens is 215 g/mol. The van der Waals surface area contributed by atoms with Gasteiger partial charge >= 0.3 is 7.82 Å². The first-order chi connectivity index (χ1) is 7.18. The smallest absolute Gasteiger partial charge is 0.412 e. The molecular formula is C10H19O4P. The summed E-state index contributed by atoms with van der Waals surface area (Å²) in [6.45, 7) is 6.06. The van der Waals surface area contributed by atoms with Crippen LogP contribution in [0.3, 0.4) is 0 Å². The van der Waals surface area contributed by atoms with Gasteiger partial charge in [-0.1, -0.05) is 19.1 Å². The molecule has 0 aliphatic rings. The number of hydrogen-bond donors (Lipinski definition) is 0. The van der Waals surface area contributed by atoms with Gasteiger partial charge in [-0.05, 0) is 26.3 Å². The van der Waals surface area contributed by atoms with Crippen molar-refractivity contribution in [1.29, 1.82) is 0 Å². The summed E-state index contributed by atoms with van der Waals surface area (Å²) >= 11 is 0. The van der Waals surface area contributed by atoms with E-state index < -0.39 is 7.82 Å². The van der Waals surface area contributed by atoms with E-state index in [1.807, 2.05) is 19.1 Å². The molecule has 0 spiro atoms. The summed E-state index contributed by atoms with van der Waals surface area (Å²) in [4.78, 5) is 0. The quantitative estimate of drug-likeness (QED) is 0.365. The van der Waals surface area contributed by atoms with Crippen molar-refractivity contribution in [2.45, 2.75) is 27.2 Å². The zero-order valence-corrected chi connectivity index (χ0v) is 10.4. The topological polar surface area (TPSA) is 44.8 Å². The van der Waals surface area contributed by atoms with Crippen molar-refractivity contribution in [3.8, 4) is 0 Å². The predicted molar refractivity (Wildman–Crippen MR) is 60.5 cm³/mol. The van der Waals surface area contributed by atoms with Crippen molar-refractivity contribution in [2.24, 2.45) is 0 Å². The zero-order valence-electron chi connectivity index (χ0n) is 9.51. The summed E-state index contributed by atoms with van der Waals surface area (Å²) in [6.07, 6.45) is 7.67. The lowest BCUT2D eigenvalue weighted by molar-refractivity contribution is 0.154. The number of hydrogen-bond acceptors (Lipinski definition) is 4. The average molecular weight is 234 g/mol. The Morgan fingerprint density at radius 1 is 1.07 bits per heavy atom. The first kappa shape index (κ1) is 14.4. The average Bonchev–Trinajstić information content (AvgIpc) is 2.18. The Balaban J connectivity index is 4.11. The van der Waals surface area contributed by atoms with Crippen LogP contribution in [-0.4, -0.2) is 13.2 Å². The molecule has 0 amide bonds. The standard InChI is InChI=1S/C10H19O4P/c1-4-7-8-9-10-14-15(11,12-5-2)13-6-3/h7-10H,4-6H2,1-3H3/b8-7+,10-9+. The second-order valence-corrected chi connectivity index (χ2v) is 4.17. The molecule has 0 N–H and O–H groups in total. The molecule has 4 nitrogen and oxygen atoms in total. The van der Waals surface area contributed by atoms with Gasteiger partial charge in [0.2, 0.25) is 0 Å². The molecule has 0 bridgehead atoms. The Morgan fingerprint density at radius 3 is 2.13 bits per heavy atom. The van der Waals surface area contributed by atoms with E-state index in [1.165, 1.54) is 6.26 Å². The van der Waals surface area contributed by atoms with Crippen LogP contribution in [0.15, 0.2) is 24.5 Å². The van der Waals surface area contributed by atoms with Crippen molar-refractivity contribution < 1.29 is 18.1 Å². The molecule has 0 aliphatic carbocycles. The highest BCUT2D eigenvalue weighted by molar-refractivity contribution is 7.48. The van der Waals surface area contributed by atoms with Crippen molar-refractivity contribution in [3.63, 3.8) is 0 Å². The normalized spacial score (nSPS) is 12.7. The van der Waals surface area contributed by atoms with Crippen LogP contribution >= 0.6 is 7.82 Å². The van der Waals surface area contributed by atoms with Crippen LogP contribution in [0.25, 0.3) is 0 Å². The van der Waals surface area contributed by atoms with E-state index in [0.29, 0.717) is 0 Å². The van der Waals surface area contributed by atoms with Crippen LogP contribution in [0, 0.1) is 0 Å². The van der Waals surface area contributed by atoms with Gasteiger partial charge in [-0.15, -0.1) is 0 Å². The summed E-state index contributed by atoms with van der Waals surface area (Å²) in [5.41, 5.74) is 0. The highest BCUT2D eigenvalue weighted by Gasteiger charge is 2.24. The van der Waals surface area contributed by atoms with Crippen LogP contribution in [0.2, 0.25) is 0 Å². The minimum Gasteiger partial charge on any atom is -0.412 e. The Bertz CT molecular complexity index is 238. The van der Waals surface area contributed by atoms with E-state index in [9.17, 15) is 4.57 Å². The summed E-state index contributed by atoms with van der Waals surface area (Å²) in [7, 11) is -3.39. The first-order valence-electron chi connectivity index (χ1n) is 5.07. The monoisotopic (exact) mass is 234 g/mol. The van der Waals surface area contributed by atoms with Gasteiger partial charge in [-0.25, -0.2) is 4.57 Å². The molecule has 0 rings (SSSR count). The lowest BCUT2D eigenvalue weighted by atomic mass is 10.4. The zero-order chi connectivity index (χ0) is 11.6. The maximum Gasteiger partial charge on any atom is 0.529 e. The minimum absolute atomic E-state index is 0.288. The highest BCUT2D eigenvalue weighted by atomic mass is 31.2. The number of rotatable bonds is 8. The molecule has 0 unspecified atom stereocenters. The largest absolute Gasteiger partial charge is 0.529 e. The molecule has 88 valence electrons. The Labute approximate surface area is 91.5 Å². The van der Waals surface area contributed by atoms with Gasteiger partial charge in [0.1, 0.15) is 0 Å². The second kappa shape index (κ2) is 8.72. The molecule has 0 aromatic heterocycles. The Morgan fingerprint density at radius 2 is 1.67 bits per heavy atom. The Hall–Kier alpha value is -0.570. The number of phosphoric acid groups is 1. The SMILES string of the molecule is CC/C=C/C=C/OP(=O)(OCC)OCC. The van der Waals surface area contributed by atoms with Crippen molar-refractivity contribution in [3.05, 3.63) is 24.5 Å². The fraction of sp³-hybridized carbons (Fsp3) is 0.600. The van der Waals surface area contributed by atoms with Crippen molar-refractivity contribution in [1.82, 2.24) is 0 Å². The lowest BCUT2D eigenvalue weighted by Crippen LogP contribution is -1.96. The van der Waals surface area contributed by atoms with Gasteiger partial charge in [-0.2, -0.15) is 0 Å². The van der Waals surface area contributed by atoms with Gasteiger partial charge in [0.15, 0.2) is 0 Å². The van der Waals surface area contributed by atoms with Crippen LogP contribution < -0.4 is 0 Å². The summed E-state index contributed by atoms with van der Waals surface area (Å²) in [6, 6.07) is 0. The van der Waals surface area contributed by atoms with Crippen molar-refractivity contribution >= 4 is 7.82 Å². The van der Waals surface area contributed by atoms with Gasteiger partial charge < -0.3 is 4.52 Å². The van der Waals surface area contributed by atoms with Crippen LogP contribution in [-0.2, 0) is 18.1 Å². The molecule has 0 aromatic carbocycles. The van der Waals surface area contributed by atoms with E-state index >= 15 is 0 Å². The fourth-order valence-corrected chi connectivity index (χ4v) is 1.83. The predicted octanol–water partition coefficient (Wildman–Crippen LogP) is 3.66. The number of allylic oxidation sites excluding steroid dienone is 3. The third-order valence-corrected chi connectivity index (χ3v) is 2.85. The molecule has 0 aliphatic heterocycles. The van der Waals surface area contributed by atoms with Gasteiger partial charge in [0, 0.05) is 0 Å². The third-order valence-electron chi connectivity index (χ3n) is 1.33. The third kappa shape index (κ3) is 7.37. The van der Waals surface area contributed by atoms with Crippen molar-refractivity contribution in [2.75, 3.05) is 13.2 Å². The van der Waals surface area contributed by atoms with E-state index in [4.69, 9.17) is 13.6 Å². The summed E-state index contributed by atoms with van der Waals surface area (Å²) in [5, 5.41) is 0. The molecule has 5 heteroatoms. The molecule has 0 heterocycles. The molecule has 0 radical (unpaired) electrons. The van der Waals surface area contributed by atoms with E-state index in [1.54, 1.807) is 19.9 Å². The first-order valence-corrected chi connectivity index (χ1v) is 6.53. The molecule has 0 saturated carbocycles. The van der Waals surface area contributed by atoms with Gasteiger partial charge in [0.05, 0.1) is 19.5 Å². The summed E-state index contributed by atoms with van der Waals surface area (Å²) in [5.74, 6) is 0. The lowest BCUT2D eigenvalue weighted by Gasteiger charge is -2.13. The van der Waals surface area contributed by atoms with Crippen LogP contribution in [0.5, 0.6) is 0 Å². The number of phosphoric ester groups is 1. The van der Waals surface area contributed by atoms with Gasteiger partial charge in [0.25, 0.3) is 0 Å². The molecule has 0 atom stereocenters. The van der Waals surface area contributed by atoms with Crippen LogP contribution in [0.1, 0.15) is 27.2 Å². The molecule has 0 aromatic rings. The summed E-state index contributed by atoms with van der Waals surface area (Å²) < 4.78 is 26.5. The fourth-order valence-electron chi connectivity index (χ4n) is 0.784.